The normalized spacial score (nSPS) is 10.1. The standard InChI is InChI=1S/C17H16Cl2N2O2S/c1-11-5-2-3-6-12(11)16(22)21-17(24)20-9-10-23-15-13(18)7-4-8-14(15)19/h2-8H,9-10H2,1H3,(H2,20,21,22,24). The summed E-state index contributed by atoms with van der Waals surface area (Å²) < 4.78 is 5.53. The van der Waals surface area contributed by atoms with Gasteiger partial charge in [0.15, 0.2) is 10.9 Å². The van der Waals surface area contributed by atoms with Crippen LogP contribution in [0.3, 0.4) is 0 Å². The highest BCUT2D eigenvalue weighted by atomic mass is 35.5. The topological polar surface area (TPSA) is 50.4 Å². The summed E-state index contributed by atoms with van der Waals surface area (Å²) in [4.78, 5) is 12.1. The van der Waals surface area contributed by atoms with Crippen molar-refractivity contribution >= 4 is 46.4 Å². The Hall–Kier alpha value is -1.82. The lowest BCUT2D eigenvalue weighted by Crippen LogP contribution is -2.41. The number of hydrogen-bond acceptors (Lipinski definition) is 3. The molecule has 0 heterocycles. The molecule has 7 heteroatoms. The van der Waals surface area contributed by atoms with E-state index in [1.165, 1.54) is 0 Å². The highest BCUT2D eigenvalue weighted by Gasteiger charge is 2.10. The number of carbonyl (C=O) groups excluding carboxylic acids is 1. The van der Waals surface area contributed by atoms with Crippen molar-refractivity contribution in [2.75, 3.05) is 13.2 Å². The molecule has 0 aliphatic carbocycles. The number of para-hydroxylation sites is 1. The first-order valence-electron chi connectivity index (χ1n) is 7.20. The zero-order valence-electron chi connectivity index (χ0n) is 12.9. The highest BCUT2D eigenvalue weighted by Crippen LogP contribution is 2.32. The van der Waals surface area contributed by atoms with Gasteiger partial charge in [-0.1, -0.05) is 47.5 Å². The molecule has 0 aliphatic rings. The summed E-state index contributed by atoms with van der Waals surface area (Å²) >= 11 is 17.1. The first kappa shape index (κ1) is 18.5. The van der Waals surface area contributed by atoms with Crippen LogP contribution in [0.1, 0.15) is 15.9 Å². The van der Waals surface area contributed by atoms with Gasteiger partial charge in [0.1, 0.15) is 6.61 Å². The Balaban J connectivity index is 1.78. The van der Waals surface area contributed by atoms with Crippen LogP contribution in [0.4, 0.5) is 0 Å². The van der Waals surface area contributed by atoms with Crippen molar-refractivity contribution in [2.24, 2.45) is 0 Å². The van der Waals surface area contributed by atoms with Gasteiger partial charge in [-0.15, -0.1) is 0 Å². The Kier molecular flexibility index (Phi) is 6.85. The van der Waals surface area contributed by atoms with Gasteiger partial charge in [0.25, 0.3) is 5.91 Å². The van der Waals surface area contributed by atoms with Crippen LogP contribution in [-0.4, -0.2) is 24.2 Å². The molecule has 1 amide bonds. The van der Waals surface area contributed by atoms with Crippen molar-refractivity contribution in [3.05, 3.63) is 63.6 Å². The minimum atomic E-state index is -0.249. The zero-order chi connectivity index (χ0) is 17.5. The minimum absolute atomic E-state index is 0.233. The van der Waals surface area contributed by atoms with Crippen LogP contribution in [0.25, 0.3) is 0 Å². The summed E-state index contributed by atoms with van der Waals surface area (Å²) in [5, 5.41) is 6.65. The van der Waals surface area contributed by atoms with E-state index in [0.29, 0.717) is 34.5 Å². The van der Waals surface area contributed by atoms with Gasteiger partial charge in [-0.05, 0) is 42.9 Å². The minimum Gasteiger partial charge on any atom is -0.489 e. The third-order valence-electron chi connectivity index (χ3n) is 3.17. The van der Waals surface area contributed by atoms with Crippen molar-refractivity contribution in [3.63, 3.8) is 0 Å². The Bertz CT molecular complexity index is 733. The lowest BCUT2D eigenvalue weighted by molar-refractivity contribution is 0.0976. The van der Waals surface area contributed by atoms with Crippen LogP contribution < -0.4 is 15.4 Å². The molecule has 0 aromatic heterocycles. The molecule has 0 saturated heterocycles. The second kappa shape index (κ2) is 8.87. The van der Waals surface area contributed by atoms with Gasteiger partial charge in [0.05, 0.1) is 16.6 Å². The summed E-state index contributed by atoms with van der Waals surface area (Å²) in [6.45, 7) is 2.56. The summed E-state index contributed by atoms with van der Waals surface area (Å²) in [7, 11) is 0. The van der Waals surface area contributed by atoms with Gasteiger partial charge < -0.3 is 10.1 Å². The molecule has 0 atom stereocenters. The van der Waals surface area contributed by atoms with Gasteiger partial charge in [0.2, 0.25) is 0 Å². The van der Waals surface area contributed by atoms with E-state index in [-0.39, 0.29) is 11.0 Å². The summed E-state index contributed by atoms with van der Waals surface area (Å²) in [5.74, 6) is 0.179. The fourth-order valence-corrected chi connectivity index (χ4v) is 2.68. The van der Waals surface area contributed by atoms with E-state index in [9.17, 15) is 4.79 Å². The van der Waals surface area contributed by atoms with Crippen LogP contribution in [0.5, 0.6) is 5.75 Å². The number of aryl methyl sites for hydroxylation is 1. The molecule has 24 heavy (non-hydrogen) atoms. The first-order chi connectivity index (χ1) is 11.5. The molecule has 0 aliphatic heterocycles. The SMILES string of the molecule is Cc1ccccc1C(=O)NC(=S)NCCOc1c(Cl)cccc1Cl. The van der Waals surface area contributed by atoms with Gasteiger partial charge in [-0.25, -0.2) is 0 Å². The van der Waals surface area contributed by atoms with E-state index in [1.54, 1.807) is 30.3 Å². The van der Waals surface area contributed by atoms with Gasteiger partial charge >= 0.3 is 0 Å². The number of amides is 1. The highest BCUT2D eigenvalue weighted by molar-refractivity contribution is 7.80. The van der Waals surface area contributed by atoms with E-state index in [1.807, 2.05) is 19.1 Å². The van der Waals surface area contributed by atoms with Gasteiger partial charge in [0, 0.05) is 5.56 Å². The quantitative estimate of drug-likeness (QED) is 0.606. The van der Waals surface area contributed by atoms with Crippen molar-refractivity contribution in [2.45, 2.75) is 6.92 Å². The number of hydrogen-bond donors (Lipinski definition) is 2. The predicted molar refractivity (Wildman–Crippen MR) is 101 cm³/mol. The Morgan fingerprint density at radius 2 is 1.79 bits per heavy atom. The number of ether oxygens (including phenoxy) is 1. The molecule has 4 nitrogen and oxygen atoms in total. The molecule has 126 valence electrons. The smallest absolute Gasteiger partial charge is 0.257 e. The van der Waals surface area contributed by atoms with Crippen molar-refractivity contribution in [1.82, 2.24) is 10.6 Å². The van der Waals surface area contributed by atoms with E-state index in [2.05, 4.69) is 10.6 Å². The first-order valence-corrected chi connectivity index (χ1v) is 8.37. The van der Waals surface area contributed by atoms with Crippen molar-refractivity contribution in [3.8, 4) is 5.75 Å². The molecule has 0 unspecified atom stereocenters. The maximum atomic E-state index is 12.1. The lowest BCUT2D eigenvalue weighted by atomic mass is 10.1. The van der Waals surface area contributed by atoms with Crippen LogP contribution in [0.15, 0.2) is 42.5 Å². The fraction of sp³-hybridized carbons (Fsp3) is 0.176. The molecular weight excluding hydrogens is 367 g/mol. The largest absolute Gasteiger partial charge is 0.489 e. The molecule has 0 bridgehead atoms. The maximum Gasteiger partial charge on any atom is 0.257 e. The molecule has 2 aromatic rings. The molecule has 0 radical (unpaired) electrons. The van der Waals surface area contributed by atoms with E-state index in [4.69, 9.17) is 40.2 Å². The molecular formula is C17H16Cl2N2O2S. The maximum absolute atomic E-state index is 12.1. The van der Waals surface area contributed by atoms with Crippen LogP contribution in [0, 0.1) is 6.92 Å². The van der Waals surface area contributed by atoms with Crippen molar-refractivity contribution < 1.29 is 9.53 Å². The summed E-state index contributed by atoms with van der Waals surface area (Å²) in [6, 6.07) is 12.4. The van der Waals surface area contributed by atoms with E-state index in [0.717, 1.165) is 5.56 Å². The second-order valence-electron chi connectivity index (χ2n) is 4.92. The van der Waals surface area contributed by atoms with Crippen LogP contribution in [0.2, 0.25) is 10.0 Å². The molecule has 0 fully saturated rings. The number of carbonyl (C=O) groups is 1. The number of benzene rings is 2. The zero-order valence-corrected chi connectivity index (χ0v) is 15.3. The lowest BCUT2D eigenvalue weighted by Gasteiger charge is -2.12. The third kappa shape index (κ3) is 5.09. The molecule has 2 N–H and O–H groups in total. The van der Waals surface area contributed by atoms with Crippen LogP contribution >= 0.6 is 35.4 Å². The molecule has 0 spiro atoms. The van der Waals surface area contributed by atoms with E-state index >= 15 is 0 Å². The van der Waals surface area contributed by atoms with Gasteiger partial charge in [-0.3, -0.25) is 10.1 Å². The number of rotatable bonds is 5. The third-order valence-corrected chi connectivity index (χ3v) is 4.01. The molecule has 2 aromatic carbocycles. The number of halogens is 2. The summed E-state index contributed by atoms with van der Waals surface area (Å²) in [6.07, 6.45) is 0. The second-order valence-corrected chi connectivity index (χ2v) is 6.15. The molecule has 2 rings (SSSR count). The predicted octanol–water partition coefficient (Wildman–Crippen LogP) is 3.99. The average molecular weight is 383 g/mol. The number of thiocarbonyl (C=S) groups is 1. The average Bonchev–Trinajstić information content (AvgIpc) is 2.54. The van der Waals surface area contributed by atoms with Crippen LogP contribution in [-0.2, 0) is 0 Å². The monoisotopic (exact) mass is 382 g/mol. The Morgan fingerprint density at radius 3 is 2.46 bits per heavy atom. The molecule has 0 saturated carbocycles. The van der Waals surface area contributed by atoms with Gasteiger partial charge in [-0.2, -0.15) is 0 Å². The summed E-state index contributed by atoms with van der Waals surface area (Å²) in [5.41, 5.74) is 1.47. The number of nitrogens with one attached hydrogen (secondary N) is 2. The van der Waals surface area contributed by atoms with E-state index < -0.39 is 0 Å². The van der Waals surface area contributed by atoms with Crippen molar-refractivity contribution in [1.29, 1.82) is 0 Å². The fourth-order valence-electron chi connectivity index (χ4n) is 1.98. The Labute approximate surface area is 156 Å². The Morgan fingerprint density at radius 1 is 1.12 bits per heavy atom.